The fourth-order valence-corrected chi connectivity index (χ4v) is 3.75. The van der Waals surface area contributed by atoms with Crippen LogP contribution in [-0.4, -0.2) is 25.9 Å². The second-order valence-corrected chi connectivity index (χ2v) is 8.10. The second-order valence-electron chi connectivity index (χ2n) is 8.10. The molecule has 0 fully saturated rings. The monoisotopic (exact) mass is 449 g/mol. The van der Waals surface area contributed by atoms with Crippen molar-refractivity contribution in [2.24, 2.45) is 0 Å². The standard InChI is InChI=1S/C27H23N5O2/c1-17-9-15-23(16-10-17)32-19(3)24(18(2)31-32)28-25(33)20-11-13-22(14-12-20)27-30-29-26(34-27)21-7-5-4-6-8-21/h4-16H,1-3H3,(H,28,33). The van der Waals surface area contributed by atoms with Crippen LogP contribution in [0.1, 0.15) is 27.3 Å². The van der Waals surface area contributed by atoms with Crippen molar-refractivity contribution in [3.05, 3.63) is 101 Å². The molecule has 7 heteroatoms. The van der Waals surface area contributed by atoms with Gasteiger partial charge in [0.2, 0.25) is 11.8 Å². The van der Waals surface area contributed by atoms with Crippen LogP contribution in [0.25, 0.3) is 28.6 Å². The normalized spacial score (nSPS) is 10.9. The maximum atomic E-state index is 12.9. The number of rotatable bonds is 5. The highest BCUT2D eigenvalue weighted by molar-refractivity contribution is 6.05. The highest BCUT2D eigenvalue weighted by Gasteiger charge is 2.17. The predicted molar refractivity (Wildman–Crippen MR) is 131 cm³/mol. The molecular weight excluding hydrogens is 426 g/mol. The van der Waals surface area contributed by atoms with Crippen LogP contribution in [0.4, 0.5) is 5.69 Å². The van der Waals surface area contributed by atoms with Crippen molar-refractivity contribution in [1.82, 2.24) is 20.0 Å². The van der Waals surface area contributed by atoms with Crippen LogP contribution in [-0.2, 0) is 0 Å². The summed E-state index contributed by atoms with van der Waals surface area (Å²) in [4.78, 5) is 12.9. The Hall–Kier alpha value is -4.52. The van der Waals surface area contributed by atoms with E-state index in [9.17, 15) is 4.79 Å². The van der Waals surface area contributed by atoms with E-state index in [1.807, 2.05) is 80.1 Å². The van der Waals surface area contributed by atoms with Gasteiger partial charge >= 0.3 is 0 Å². The Bertz CT molecular complexity index is 1450. The van der Waals surface area contributed by atoms with Gasteiger partial charge in [-0.15, -0.1) is 10.2 Å². The average Bonchev–Trinajstić information content (AvgIpc) is 3.46. The molecule has 34 heavy (non-hydrogen) atoms. The average molecular weight is 450 g/mol. The van der Waals surface area contributed by atoms with E-state index in [1.54, 1.807) is 24.3 Å². The summed E-state index contributed by atoms with van der Waals surface area (Å²) in [6.45, 7) is 5.87. The van der Waals surface area contributed by atoms with E-state index in [0.717, 1.165) is 28.2 Å². The van der Waals surface area contributed by atoms with Crippen LogP contribution >= 0.6 is 0 Å². The van der Waals surface area contributed by atoms with Crippen molar-refractivity contribution in [3.63, 3.8) is 0 Å². The molecule has 0 aliphatic rings. The zero-order chi connectivity index (χ0) is 23.7. The minimum Gasteiger partial charge on any atom is -0.416 e. The molecule has 5 aromatic rings. The summed E-state index contributed by atoms with van der Waals surface area (Å²) in [7, 11) is 0. The van der Waals surface area contributed by atoms with Crippen LogP contribution in [0, 0.1) is 20.8 Å². The van der Waals surface area contributed by atoms with Crippen LogP contribution in [0.3, 0.4) is 0 Å². The molecule has 2 heterocycles. The number of carbonyl (C=O) groups is 1. The molecular formula is C27H23N5O2. The van der Waals surface area contributed by atoms with E-state index in [1.165, 1.54) is 5.56 Å². The van der Waals surface area contributed by atoms with Crippen molar-refractivity contribution in [1.29, 1.82) is 0 Å². The van der Waals surface area contributed by atoms with Gasteiger partial charge in [0.05, 0.1) is 22.8 Å². The topological polar surface area (TPSA) is 85.8 Å². The molecule has 0 unspecified atom stereocenters. The summed E-state index contributed by atoms with van der Waals surface area (Å²) in [5.74, 6) is 0.641. The first kappa shape index (κ1) is 21.3. The number of hydrogen-bond acceptors (Lipinski definition) is 5. The highest BCUT2D eigenvalue weighted by Crippen LogP contribution is 2.26. The fourth-order valence-electron chi connectivity index (χ4n) is 3.75. The lowest BCUT2D eigenvalue weighted by Crippen LogP contribution is -2.13. The van der Waals surface area contributed by atoms with E-state index >= 15 is 0 Å². The lowest BCUT2D eigenvalue weighted by Gasteiger charge is -2.08. The van der Waals surface area contributed by atoms with Crippen molar-refractivity contribution in [2.45, 2.75) is 20.8 Å². The molecule has 0 spiro atoms. The number of nitrogens with one attached hydrogen (secondary N) is 1. The van der Waals surface area contributed by atoms with Gasteiger partial charge in [-0.2, -0.15) is 5.10 Å². The molecule has 2 aromatic heterocycles. The largest absolute Gasteiger partial charge is 0.416 e. The lowest BCUT2D eigenvalue weighted by atomic mass is 10.1. The Morgan fingerprint density at radius 3 is 2.06 bits per heavy atom. The summed E-state index contributed by atoms with van der Waals surface area (Å²) in [5.41, 5.74) is 6.57. The SMILES string of the molecule is Cc1ccc(-n2nc(C)c(NC(=O)c3ccc(-c4nnc(-c5ccccc5)o4)cc3)c2C)cc1. The van der Waals surface area contributed by atoms with Crippen molar-refractivity contribution in [3.8, 4) is 28.6 Å². The van der Waals surface area contributed by atoms with Crippen LogP contribution in [0.15, 0.2) is 83.3 Å². The summed E-state index contributed by atoms with van der Waals surface area (Å²) < 4.78 is 7.64. The van der Waals surface area contributed by atoms with Gasteiger partial charge in [-0.25, -0.2) is 4.68 Å². The Morgan fingerprint density at radius 1 is 0.794 bits per heavy atom. The van der Waals surface area contributed by atoms with E-state index in [2.05, 4.69) is 20.6 Å². The third kappa shape index (κ3) is 4.11. The molecule has 0 radical (unpaired) electrons. The second kappa shape index (κ2) is 8.78. The van der Waals surface area contributed by atoms with Gasteiger partial charge < -0.3 is 9.73 Å². The van der Waals surface area contributed by atoms with E-state index in [-0.39, 0.29) is 5.91 Å². The van der Waals surface area contributed by atoms with Gasteiger partial charge in [0.15, 0.2) is 0 Å². The summed E-state index contributed by atoms with van der Waals surface area (Å²) in [6.07, 6.45) is 0. The van der Waals surface area contributed by atoms with Crippen LogP contribution in [0.2, 0.25) is 0 Å². The van der Waals surface area contributed by atoms with Gasteiger partial charge in [-0.05, 0) is 69.3 Å². The third-order valence-electron chi connectivity index (χ3n) is 5.65. The molecule has 1 amide bonds. The molecule has 5 rings (SSSR count). The molecule has 0 bridgehead atoms. The van der Waals surface area contributed by atoms with Gasteiger partial charge in [-0.1, -0.05) is 35.9 Å². The number of amides is 1. The predicted octanol–water partition coefficient (Wildman–Crippen LogP) is 5.77. The van der Waals surface area contributed by atoms with Gasteiger partial charge in [-0.3, -0.25) is 4.79 Å². The smallest absolute Gasteiger partial charge is 0.255 e. The zero-order valence-corrected chi connectivity index (χ0v) is 19.1. The first-order valence-electron chi connectivity index (χ1n) is 10.9. The van der Waals surface area contributed by atoms with E-state index in [4.69, 9.17) is 4.42 Å². The molecule has 168 valence electrons. The quantitative estimate of drug-likeness (QED) is 0.368. The minimum absolute atomic E-state index is 0.211. The fraction of sp³-hybridized carbons (Fsp3) is 0.111. The Balaban J connectivity index is 1.34. The van der Waals surface area contributed by atoms with Crippen molar-refractivity contribution >= 4 is 11.6 Å². The maximum absolute atomic E-state index is 12.9. The lowest BCUT2D eigenvalue weighted by molar-refractivity contribution is 0.102. The number of benzene rings is 3. The number of anilines is 1. The molecule has 3 aromatic carbocycles. The molecule has 0 saturated carbocycles. The number of aryl methyl sites for hydroxylation is 2. The summed E-state index contributed by atoms with van der Waals surface area (Å²) in [6, 6.07) is 24.8. The van der Waals surface area contributed by atoms with Gasteiger partial charge in [0.1, 0.15) is 0 Å². The number of hydrogen-bond donors (Lipinski definition) is 1. The molecule has 1 N–H and O–H groups in total. The van der Waals surface area contributed by atoms with Gasteiger partial charge in [0, 0.05) is 16.7 Å². The molecule has 0 aliphatic carbocycles. The maximum Gasteiger partial charge on any atom is 0.255 e. The summed E-state index contributed by atoms with van der Waals surface area (Å²) in [5, 5.41) is 15.9. The number of aromatic nitrogens is 4. The molecule has 7 nitrogen and oxygen atoms in total. The molecule has 0 atom stereocenters. The van der Waals surface area contributed by atoms with E-state index in [0.29, 0.717) is 23.0 Å². The van der Waals surface area contributed by atoms with Crippen LogP contribution in [0.5, 0.6) is 0 Å². The molecule has 0 aliphatic heterocycles. The third-order valence-corrected chi connectivity index (χ3v) is 5.65. The summed E-state index contributed by atoms with van der Waals surface area (Å²) >= 11 is 0. The highest BCUT2D eigenvalue weighted by atomic mass is 16.4. The number of carbonyl (C=O) groups excluding carboxylic acids is 1. The number of nitrogens with zero attached hydrogens (tertiary/aromatic N) is 4. The van der Waals surface area contributed by atoms with E-state index < -0.39 is 0 Å². The minimum atomic E-state index is -0.211. The van der Waals surface area contributed by atoms with Crippen molar-refractivity contribution in [2.75, 3.05) is 5.32 Å². The Morgan fingerprint density at radius 2 is 1.41 bits per heavy atom. The zero-order valence-electron chi connectivity index (χ0n) is 19.1. The Labute approximate surface area is 197 Å². The Kier molecular flexibility index (Phi) is 5.51. The first-order valence-corrected chi connectivity index (χ1v) is 10.9. The van der Waals surface area contributed by atoms with Crippen molar-refractivity contribution < 1.29 is 9.21 Å². The molecule has 0 saturated heterocycles. The van der Waals surface area contributed by atoms with Gasteiger partial charge in [0.25, 0.3) is 5.91 Å². The first-order chi connectivity index (χ1) is 16.5. The van der Waals surface area contributed by atoms with Crippen LogP contribution < -0.4 is 5.32 Å².